The Labute approximate surface area is 261 Å². The molecular weight excluding hydrogens is 548 g/mol. The van der Waals surface area contributed by atoms with E-state index in [1.54, 1.807) is 0 Å². The molecule has 2 aromatic carbocycles. The number of Topliss-reactive ketones (excluding diaryl/α,β-unsaturated/α-hetero) is 1. The fourth-order valence-corrected chi connectivity index (χ4v) is 6.97. The zero-order chi connectivity index (χ0) is 32.0. The van der Waals surface area contributed by atoms with Crippen molar-refractivity contribution in [2.24, 2.45) is 0 Å². The molecule has 2 aromatic rings. The molecule has 5 rings (SSSR count). The molecule has 0 saturated heterocycles. The van der Waals surface area contributed by atoms with Crippen LogP contribution in [0.4, 0.5) is 22.7 Å². The Bertz CT molecular complexity index is 1550. The zero-order valence-electron chi connectivity index (χ0n) is 27.2. The van der Waals surface area contributed by atoms with Crippen LogP contribution in [0.5, 0.6) is 0 Å². The zero-order valence-corrected chi connectivity index (χ0v) is 27.2. The van der Waals surface area contributed by atoms with Crippen molar-refractivity contribution >= 4 is 40.3 Å². The minimum absolute atomic E-state index is 0.0904. The van der Waals surface area contributed by atoms with Gasteiger partial charge in [0.25, 0.3) is 0 Å². The average molecular weight is 593 g/mol. The molecule has 1 saturated carbocycles. The summed E-state index contributed by atoms with van der Waals surface area (Å²) in [6.07, 6.45) is 9.66. The highest BCUT2D eigenvalue weighted by molar-refractivity contribution is 6.11. The molecule has 2 heterocycles. The maximum atomic E-state index is 13.6. The van der Waals surface area contributed by atoms with Gasteiger partial charge in [-0.25, -0.2) is 0 Å². The number of hydrogen-bond donors (Lipinski definition) is 2. The number of ketones is 1. The first-order valence-electron chi connectivity index (χ1n) is 15.6. The Hall–Kier alpha value is -4.39. The Balaban J connectivity index is 1.41. The van der Waals surface area contributed by atoms with Gasteiger partial charge in [0.15, 0.2) is 5.78 Å². The van der Waals surface area contributed by atoms with Crippen molar-refractivity contribution in [2.45, 2.75) is 79.1 Å². The fraction of sp³-hybridized carbons (Fsp3) is 0.378. The van der Waals surface area contributed by atoms with Gasteiger partial charge >= 0.3 is 0 Å². The van der Waals surface area contributed by atoms with Crippen LogP contribution >= 0.6 is 0 Å². The standard InChI is InChI=1S/C37H44N4O3/c1-9-40-31-17-15-27(38-23(3)42)21-29(31)36(5,6)33(40)19-13-25-11-12-26(35(25)44)14-20-34-37(7,8)30-22-28(39-24(4)43)16-18-32(30)41(34)10-2/h13-22H,9-12H2,1-8H3,(H,38,42)(H,39,43)/b25-13-,26-14+,33-19-,34-20+. The molecule has 0 atom stereocenters. The van der Waals surface area contributed by atoms with Gasteiger partial charge < -0.3 is 20.4 Å². The third kappa shape index (κ3) is 5.40. The van der Waals surface area contributed by atoms with Crippen LogP contribution in [0.2, 0.25) is 0 Å². The van der Waals surface area contributed by atoms with E-state index in [4.69, 9.17) is 0 Å². The molecule has 0 spiro atoms. The summed E-state index contributed by atoms with van der Waals surface area (Å²) in [4.78, 5) is 41.5. The van der Waals surface area contributed by atoms with Gasteiger partial charge in [-0.15, -0.1) is 0 Å². The Morgan fingerprint density at radius 1 is 0.705 bits per heavy atom. The predicted molar refractivity (Wildman–Crippen MR) is 180 cm³/mol. The first-order chi connectivity index (χ1) is 20.8. The largest absolute Gasteiger partial charge is 0.344 e. The van der Waals surface area contributed by atoms with E-state index in [0.717, 1.165) is 69.5 Å². The second-order valence-corrected chi connectivity index (χ2v) is 12.9. The third-order valence-electron chi connectivity index (χ3n) is 9.19. The van der Waals surface area contributed by atoms with Crippen LogP contribution in [0.15, 0.2) is 83.2 Å². The van der Waals surface area contributed by atoms with Crippen molar-refractivity contribution in [2.75, 3.05) is 33.5 Å². The maximum Gasteiger partial charge on any atom is 0.221 e. The van der Waals surface area contributed by atoms with Crippen LogP contribution < -0.4 is 20.4 Å². The molecule has 0 radical (unpaired) electrons. The first kappa shape index (κ1) is 31.0. The molecule has 7 heteroatoms. The highest BCUT2D eigenvalue weighted by Crippen LogP contribution is 2.50. The number of carbonyl (C=O) groups excluding carboxylic acids is 3. The molecule has 0 unspecified atom stereocenters. The maximum absolute atomic E-state index is 13.6. The smallest absolute Gasteiger partial charge is 0.221 e. The number of benzene rings is 2. The lowest BCUT2D eigenvalue weighted by molar-refractivity contribution is -0.115. The summed E-state index contributed by atoms with van der Waals surface area (Å²) in [5, 5.41) is 5.81. The topological polar surface area (TPSA) is 81.8 Å². The molecule has 44 heavy (non-hydrogen) atoms. The number of carbonyl (C=O) groups is 3. The molecule has 0 aromatic heterocycles. The highest BCUT2D eigenvalue weighted by Gasteiger charge is 2.41. The lowest BCUT2D eigenvalue weighted by atomic mass is 9.83. The Morgan fingerprint density at radius 3 is 1.43 bits per heavy atom. The number of hydrogen-bond acceptors (Lipinski definition) is 5. The number of allylic oxidation sites excluding steroid dienone is 8. The minimum atomic E-state index is -0.284. The van der Waals surface area contributed by atoms with Gasteiger partial charge in [0.05, 0.1) is 0 Å². The van der Waals surface area contributed by atoms with Gasteiger partial charge in [-0.2, -0.15) is 0 Å². The summed E-state index contributed by atoms with van der Waals surface area (Å²) >= 11 is 0. The molecular formula is C37H44N4O3. The third-order valence-corrected chi connectivity index (χ3v) is 9.19. The van der Waals surface area contributed by atoms with E-state index in [2.05, 4.69) is 98.4 Å². The normalized spacial score (nSPS) is 21.9. The van der Waals surface area contributed by atoms with Gasteiger partial charge in [-0.3, -0.25) is 14.4 Å². The van der Waals surface area contributed by atoms with Crippen molar-refractivity contribution in [1.82, 2.24) is 0 Å². The van der Waals surface area contributed by atoms with E-state index in [-0.39, 0.29) is 28.4 Å². The lowest BCUT2D eigenvalue weighted by Crippen LogP contribution is -2.25. The number of fused-ring (bicyclic) bond motifs is 2. The second-order valence-electron chi connectivity index (χ2n) is 12.9. The minimum Gasteiger partial charge on any atom is -0.344 e. The molecule has 2 N–H and O–H groups in total. The summed E-state index contributed by atoms with van der Waals surface area (Å²) < 4.78 is 0. The number of nitrogens with zero attached hydrogens (tertiary/aromatic N) is 2. The Morgan fingerprint density at radius 2 is 1.09 bits per heavy atom. The molecule has 2 amide bonds. The van der Waals surface area contributed by atoms with Crippen LogP contribution in [0.3, 0.4) is 0 Å². The predicted octanol–water partition coefficient (Wildman–Crippen LogP) is 7.52. The molecule has 1 fully saturated rings. The highest BCUT2D eigenvalue weighted by atomic mass is 16.2. The number of likely N-dealkylation sites (N-methyl/N-ethyl adjacent to an activating group) is 2. The van der Waals surface area contributed by atoms with E-state index in [1.165, 1.54) is 13.8 Å². The van der Waals surface area contributed by atoms with Crippen LogP contribution in [-0.2, 0) is 25.2 Å². The second kappa shape index (κ2) is 11.6. The summed E-state index contributed by atoms with van der Waals surface area (Å²) in [6.45, 7) is 17.7. The molecule has 230 valence electrons. The van der Waals surface area contributed by atoms with Gasteiger partial charge in [-0.1, -0.05) is 39.8 Å². The van der Waals surface area contributed by atoms with Gasteiger partial charge in [0, 0.05) is 83.1 Å². The van der Waals surface area contributed by atoms with Crippen molar-refractivity contribution in [3.05, 3.63) is 94.4 Å². The molecule has 3 aliphatic rings. The van der Waals surface area contributed by atoms with E-state index in [1.807, 2.05) is 24.3 Å². The molecule has 7 nitrogen and oxygen atoms in total. The number of amides is 2. The van der Waals surface area contributed by atoms with Gasteiger partial charge in [-0.05, 0) is 86.4 Å². The van der Waals surface area contributed by atoms with Crippen molar-refractivity contribution < 1.29 is 14.4 Å². The van der Waals surface area contributed by atoms with Crippen LogP contribution in [-0.4, -0.2) is 30.7 Å². The van der Waals surface area contributed by atoms with Crippen molar-refractivity contribution in [3.8, 4) is 0 Å². The fourth-order valence-electron chi connectivity index (χ4n) is 6.97. The number of rotatable bonds is 6. The average Bonchev–Trinajstić information content (AvgIpc) is 3.49. The number of anilines is 4. The Kier molecular flexibility index (Phi) is 8.19. The lowest BCUT2D eigenvalue weighted by Gasteiger charge is -2.26. The van der Waals surface area contributed by atoms with E-state index in [9.17, 15) is 14.4 Å². The van der Waals surface area contributed by atoms with E-state index in [0.29, 0.717) is 12.8 Å². The quantitative estimate of drug-likeness (QED) is 0.339. The molecule has 2 aliphatic heterocycles. The molecule has 0 bridgehead atoms. The summed E-state index contributed by atoms with van der Waals surface area (Å²) in [6, 6.07) is 12.1. The van der Waals surface area contributed by atoms with Crippen molar-refractivity contribution in [3.63, 3.8) is 0 Å². The summed E-state index contributed by atoms with van der Waals surface area (Å²) in [5.74, 6) is -0.0768. The van der Waals surface area contributed by atoms with E-state index < -0.39 is 0 Å². The monoisotopic (exact) mass is 592 g/mol. The first-order valence-corrected chi connectivity index (χ1v) is 15.6. The van der Waals surface area contributed by atoms with Crippen molar-refractivity contribution in [1.29, 1.82) is 0 Å². The van der Waals surface area contributed by atoms with E-state index >= 15 is 0 Å². The van der Waals surface area contributed by atoms with Gasteiger partial charge in [0.2, 0.25) is 11.8 Å². The molecule has 1 aliphatic carbocycles. The summed E-state index contributed by atoms with van der Waals surface area (Å²) in [7, 11) is 0. The van der Waals surface area contributed by atoms with Crippen LogP contribution in [0.1, 0.15) is 79.4 Å². The van der Waals surface area contributed by atoms with Gasteiger partial charge in [0.1, 0.15) is 0 Å². The van der Waals surface area contributed by atoms with Crippen LogP contribution in [0.25, 0.3) is 0 Å². The number of nitrogens with one attached hydrogen (secondary N) is 2. The van der Waals surface area contributed by atoms with Crippen LogP contribution in [0, 0.1) is 0 Å². The summed E-state index contributed by atoms with van der Waals surface area (Å²) in [5.41, 5.74) is 9.51. The SMILES string of the molecule is CCN1/C(=C\C=C2\CC/C(=C\C=C3\N(CC)c4ccc(NC(C)=O)cc4C3(C)C)C2=O)C(C)(C)c2cc(NC(C)=O)ccc21.